The topological polar surface area (TPSA) is 62.3 Å². The minimum absolute atomic E-state index is 0.0256. The summed E-state index contributed by atoms with van der Waals surface area (Å²) in [5, 5.41) is 4.00. The van der Waals surface area contributed by atoms with Crippen molar-refractivity contribution < 1.29 is 9.59 Å². The first-order valence-corrected chi connectivity index (χ1v) is 11.7. The lowest BCUT2D eigenvalue weighted by Crippen LogP contribution is -2.34. The molecule has 5 nitrogen and oxygen atoms in total. The van der Waals surface area contributed by atoms with Crippen LogP contribution in [-0.4, -0.2) is 34.0 Å². The molecule has 0 unspecified atom stereocenters. The number of amides is 2. The van der Waals surface area contributed by atoms with Gasteiger partial charge in [0.25, 0.3) is 0 Å². The van der Waals surface area contributed by atoms with Crippen LogP contribution in [0.5, 0.6) is 0 Å². The highest BCUT2D eigenvalue weighted by atomic mass is 32.2. The minimum Gasteiger partial charge on any atom is -0.338 e. The first-order chi connectivity index (χ1) is 14.2. The molecule has 2 amide bonds. The van der Waals surface area contributed by atoms with Gasteiger partial charge in [-0.05, 0) is 42.7 Å². The Morgan fingerprint density at radius 3 is 2.93 bits per heavy atom. The summed E-state index contributed by atoms with van der Waals surface area (Å²) in [6.07, 6.45) is 2.69. The van der Waals surface area contributed by atoms with Crippen LogP contribution in [0.4, 0.5) is 5.69 Å². The number of nitrogens with one attached hydrogen (secondary N) is 1. The first-order valence-electron chi connectivity index (χ1n) is 9.76. The number of likely N-dealkylation sites (tertiary alicyclic amines) is 1. The number of hydrogen-bond donors (Lipinski definition) is 1. The predicted octanol–water partition coefficient (Wildman–Crippen LogP) is 4.68. The third-order valence-corrected chi connectivity index (χ3v) is 6.97. The van der Waals surface area contributed by atoms with Crippen LogP contribution in [0.1, 0.15) is 29.8 Å². The van der Waals surface area contributed by atoms with Crippen LogP contribution in [0.25, 0.3) is 10.2 Å². The molecule has 3 aromatic rings. The molecule has 1 aliphatic heterocycles. The van der Waals surface area contributed by atoms with Crippen LogP contribution in [0.2, 0.25) is 0 Å². The highest BCUT2D eigenvalue weighted by Crippen LogP contribution is 2.25. The van der Waals surface area contributed by atoms with E-state index in [1.54, 1.807) is 23.1 Å². The molecule has 0 spiro atoms. The fraction of sp³-hybridized carbons (Fsp3) is 0.318. The van der Waals surface area contributed by atoms with Crippen molar-refractivity contribution in [1.29, 1.82) is 0 Å². The van der Waals surface area contributed by atoms with Crippen molar-refractivity contribution in [1.82, 2.24) is 9.88 Å². The van der Waals surface area contributed by atoms with E-state index in [0.717, 1.165) is 46.9 Å². The Balaban J connectivity index is 1.27. The van der Waals surface area contributed by atoms with Gasteiger partial charge in [0.2, 0.25) is 11.8 Å². The molecular weight excluding hydrogens is 402 g/mol. The van der Waals surface area contributed by atoms with E-state index in [0.29, 0.717) is 18.7 Å². The number of thioether (sulfide) groups is 1. The third-order valence-electron chi connectivity index (χ3n) is 4.80. The van der Waals surface area contributed by atoms with Gasteiger partial charge in [0.1, 0.15) is 5.01 Å². The molecule has 4 rings (SSSR count). The highest BCUT2D eigenvalue weighted by molar-refractivity contribution is 7.99. The van der Waals surface area contributed by atoms with Crippen LogP contribution in [-0.2, 0) is 21.9 Å². The summed E-state index contributed by atoms with van der Waals surface area (Å²) in [7, 11) is 0. The van der Waals surface area contributed by atoms with Gasteiger partial charge in [-0.1, -0.05) is 24.3 Å². The van der Waals surface area contributed by atoms with Gasteiger partial charge in [-0.3, -0.25) is 9.59 Å². The zero-order valence-electron chi connectivity index (χ0n) is 16.1. The molecule has 0 bridgehead atoms. The molecule has 1 N–H and O–H groups in total. The Labute approximate surface area is 178 Å². The summed E-state index contributed by atoms with van der Waals surface area (Å²) in [5.74, 6) is 1.30. The second-order valence-electron chi connectivity index (χ2n) is 7.09. The standard InChI is InChI=1S/C22H23N3O2S2/c26-20(14-28-15-21-24-18-8-1-2-9-19(18)29-21)23-17-7-5-6-16(12-17)13-25-11-4-3-10-22(25)27/h1-2,5-9,12H,3-4,10-11,13-15H2,(H,23,26). The number of aromatic nitrogens is 1. The zero-order chi connectivity index (χ0) is 20.1. The van der Waals surface area contributed by atoms with E-state index in [2.05, 4.69) is 16.4 Å². The summed E-state index contributed by atoms with van der Waals surface area (Å²) in [6.45, 7) is 1.42. The third kappa shape index (κ3) is 5.36. The van der Waals surface area contributed by atoms with Gasteiger partial charge in [0.15, 0.2) is 0 Å². The lowest BCUT2D eigenvalue weighted by atomic mass is 10.1. The molecule has 1 aliphatic rings. The normalized spacial score (nSPS) is 14.3. The highest BCUT2D eigenvalue weighted by Gasteiger charge is 2.18. The number of hydrogen-bond acceptors (Lipinski definition) is 5. The number of anilines is 1. The van der Waals surface area contributed by atoms with E-state index in [-0.39, 0.29) is 11.8 Å². The number of fused-ring (bicyclic) bond motifs is 1. The van der Waals surface area contributed by atoms with Gasteiger partial charge in [-0.15, -0.1) is 23.1 Å². The lowest BCUT2D eigenvalue weighted by molar-refractivity contribution is -0.133. The van der Waals surface area contributed by atoms with E-state index in [1.165, 1.54) is 4.70 Å². The lowest BCUT2D eigenvalue weighted by Gasteiger charge is -2.26. The quantitative estimate of drug-likeness (QED) is 0.597. The molecule has 0 saturated carbocycles. The molecule has 1 aromatic heterocycles. The van der Waals surface area contributed by atoms with Gasteiger partial charge in [0, 0.05) is 31.0 Å². The average molecular weight is 426 g/mol. The zero-order valence-corrected chi connectivity index (χ0v) is 17.7. The summed E-state index contributed by atoms with van der Waals surface area (Å²) >= 11 is 3.24. The Morgan fingerprint density at radius 1 is 1.17 bits per heavy atom. The summed E-state index contributed by atoms with van der Waals surface area (Å²) in [6, 6.07) is 15.8. The smallest absolute Gasteiger partial charge is 0.234 e. The van der Waals surface area contributed by atoms with E-state index in [1.807, 2.05) is 47.4 Å². The maximum atomic E-state index is 12.3. The molecule has 0 atom stereocenters. The molecule has 150 valence electrons. The molecule has 7 heteroatoms. The fourth-order valence-corrected chi connectivity index (χ4v) is 5.25. The van der Waals surface area contributed by atoms with Gasteiger partial charge >= 0.3 is 0 Å². The molecule has 0 aliphatic carbocycles. The van der Waals surface area contributed by atoms with Crippen LogP contribution >= 0.6 is 23.1 Å². The summed E-state index contributed by atoms with van der Waals surface area (Å²) in [4.78, 5) is 30.8. The van der Waals surface area contributed by atoms with E-state index < -0.39 is 0 Å². The van der Waals surface area contributed by atoms with Crippen molar-refractivity contribution in [2.75, 3.05) is 17.6 Å². The molecule has 1 saturated heterocycles. The largest absolute Gasteiger partial charge is 0.338 e. The maximum Gasteiger partial charge on any atom is 0.234 e. The SMILES string of the molecule is O=C(CSCc1nc2ccccc2s1)Nc1cccc(CN2CCCCC2=O)c1. The number of rotatable bonds is 7. The van der Waals surface area contributed by atoms with Crippen molar-refractivity contribution in [3.63, 3.8) is 0 Å². The van der Waals surface area contributed by atoms with Gasteiger partial charge in [0.05, 0.1) is 16.0 Å². The molecule has 2 heterocycles. The molecule has 1 fully saturated rings. The van der Waals surface area contributed by atoms with Crippen molar-refractivity contribution in [2.24, 2.45) is 0 Å². The number of para-hydroxylation sites is 1. The van der Waals surface area contributed by atoms with Crippen LogP contribution in [0.15, 0.2) is 48.5 Å². The van der Waals surface area contributed by atoms with E-state index in [9.17, 15) is 9.59 Å². The molecule has 0 radical (unpaired) electrons. The molecule has 29 heavy (non-hydrogen) atoms. The van der Waals surface area contributed by atoms with E-state index in [4.69, 9.17) is 0 Å². The number of thiazole rings is 1. The van der Waals surface area contributed by atoms with Gasteiger partial charge in [-0.2, -0.15) is 0 Å². The fourth-order valence-electron chi connectivity index (χ4n) is 3.41. The number of benzene rings is 2. The minimum atomic E-state index is -0.0256. The van der Waals surface area contributed by atoms with Crippen LogP contribution < -0.4 is 5.32 Å². The van der Waals surface area contributed by atoms with Crippen molar-refractivity contribution in [3.05, 3.63) is 59.1 Å². The Hall–Kier alpha value is -2.38. The summed E-state index contributed by atoms with van der Waals surface area (Å²) in [5.41, 5.74) is 2.83. The van der Waals surface area contributed by atoms with Crippen LogP contribution in [0.3, 0.4) is 0 Å². The average Bonchev–Trinajstić information content (AvgIpc) is 3.13. The molecule has 2 aromatic carbocycles. The van der Waals surface area contributed by atoms with Crippen molar-refractivity contribution in [3.8, 4) is 0 Å². The van der Waals surface area contributed by atoms with Crippen LogP contribution in [0, 0.1) is 0 Å². The monoisotopic (exact) mass is 425 g/mol. The number of piperidine rings is 1. The maximum absolute atomic E-state index is 12.3. The van der Waals surface area contributed by atoms with Crippen molar-refractivity contribution >= 4 is 50.8 Å². The number of nitrogens with zero attached hydrogens (tertiary/aromatic N) is 2. The predicted molar refractivity (Wildman–Crippen MR) is 120 cm³/mol. The Kier molecular flexibility index (Phi) is 6.46. The second-order valence-corrected chi connectivity index (χ2v) is 9.19. The number of carbonyl (C=O) groups is 2. The van der Waals surface area contributed by atoms with E-state index >= 15 is 0 Å². The Morgan fingerprint density at radius 2 is 2.07 bits per heavy atom. The van der Waals surface area contributed by atoms with Gasteiger partial charge in [-0.25, -0.2) is 4.98 Å². The molecular formula is C22H23N3O2S2. The number of carbonyl (C=O) groups excluding carboxylic acids is 2. The summed E-state index contributed by atoms with van der Waals surface area (Å²) < 4.78 is 1.18. The Bertz CT molecular complexity index is 985. The second kappa shape index (κ2) is 9.41. The van der Waals surface area contributed by atoms with Gasteiger partial charge < -0.3 is 10.2 Å². The first kappa shape index (κ1) is 19.9. The van der Waals surface area contributed by atoms with Crippen molar-refractivity contribution in [2.45, 2.75) is 31.6 Å².